The normalized spacial score (nSPS) is 23.2. The number of halogens is 1. The summed E-state index contributed by atoms with van der Waals surface area (Å²) in [6.45, 7) is 5.53. The number of aldehydes is 1. The summed E-state index contributed by atoms with van der Waals surface area (Å²) >= 11 is 0. The summed E-state index contributed by atoms with van der Waals surface area (Å²) in [5, 5.41) is 5.15. The largest absolute Gasteiger partial charge is 0.372 e. The van der Waals surface area contributed by atoms with E-state index in [1.54, 1.807) is 4.90 Å². The second-order valence-corrected chi connectivity index (χ2v) is 7.26. The SMILES string of the molecule is C[C@@H]1CN(c2c(C=O)cc3c(C(=O)N4CCCCO4)noc3c2F)C[C@H](C)O1. The average molecular weight is 391 g/mol. The van der Waals surface area contributed by atoms with E-state index in [2.05, 4.69) is 5.16 Å². The first-order chi connectivity index (χ1) is 13.5. The van der Waals surface area contributed by atoms with Crippen molar-refractivity contribution < 1.29 is 28.1 Å². The van der Waals surface area contributed by atoms with Crippen molar-refractivity contribution >= 4 is 28.8 Å². The van der Waals surface area contributed by atoms with Crippen molar-refractivity contribution in [3.05, 3.63) is 23.1 Å². The molecule has 1 aromatic carbocycles. The number of morpholine rings is 1. The van der Waals surface area contributed by atoms with Crippen molar-refractivity contribution in [2.75, 3.05) is 31.1 Å². The predicted octanol–water partition coefficient (Wildman–Crippen LogP) is 2.56. The van der Waals surface area contributed by atoms with E-state index in [1.807, 2.05) is 13.8 Å². The van der Waals surface area contributed by atoms with E-state index in [-0.39, 0.29) is 40.1 Å². The van der Waals surface area contributed by atoms with Crippen LogP contribution in [0.5, 0.6) is 0 Å². The van der Waals surface area contributed by atoms with Crippen LogP contribution in [0.3, 0.4) is 0 Å². The van der Waals surface area contributed by atoms with E-state index in [0.29, 0.717) is 32.5 Å². The fraction of sp³-hybridized carbons (Fsp3) is 0.526. The van der Waals surface area contributed by atoms with Crippen LogP contribution >= 0.6 is 0 Å². The maximum atomic E-state index is 15.3. The Morgan fingerprint density at radius 3 is 2.68 bits per heavy atom. The minimum absolute atomic E-state index is 0.0610. The first kappa shape index (κ1) is 18.8. The van der Waals surface area contributed by atoms with Gasteiger partial charge in [0.05, 0.1) is 29.9 Å². The molecule has 0 aliphatic carbocycles. The molecular weight excluding hydrogens is 369 g/mol. The molecule has 1 aromatic heterocycles. The predicted molar refractivity (Wildman–Crippen MR) is 97.8 cm³/mol. The Kier molecular flexibility index (Phi) is 5.03. The van der Waals surface area contributed by atoms with E-state index >= 15 is 4.39 Å². The maximum Gasteiger partial charge on any atom is 0.300 e. The number of aromatic nitrogens is 1. The molecule has 2 aliphatic rings. The van der Waals surface area contributed by atoms with Crippen LogP contribution in [0.15, 0.2) is 10.6 Å². The number of carbonyl (C=O) groups is 2. The van der Waals surface area contributed by atoms with E-state index < -0.39 is 11.7 Å². The van der Waals surface area contributed by atoms with Gasteiger partial charge in [0.1, 0.15) is 0 Å². The summed E-state index contributed by atoms with van der Waals surface area (Å²) in [5.74, 6) is -1.21. The molecule has 0 bridgehead atoms. The van der Waals surface area contributed by atoms with E-state index in [1.165, 1.54) is 11.1 Å². The highest BCUT2D eigenvalue weighted by Crippen LogP contribution is 2.34. The second kappa shape index (κ2) is 7.48. The molecule has 0 saturated carbocycles. The van der Waals surface area contributed by atoms with E-state index in [0.717, 1.165) is 12.8 Å². The molecule has 1 amide bonds. The molecule has 2 fully saturated rings. The third-order valence-electron chi connectivity index (χ3n) is 5.00. The van der Waals surface area contributed by atoms with Gasteiger partial charge in [0, 0.05) is 25.2 Å². The summed E-state index contributed by atoms with van der Waals surface area (Å²) in [6, 6.07) is 1.46. The molecule has 2 saturated heterocycles. The number of rotatable bonds is 3. The third-order valence-corrected chi connectivity index (χ3v) is 5.00. The zero-order chi connectivity index (χ0) is 19.8. The number of hydrogen-bond acceptors (Lipinski definition) is 7. The molecule has 0 spiro atoms. The lowest BCUT2D eigenvalue weighted by Crippen LogP contribution is -2.46. The summed E-state index contributed by atoms with van der Waals surface area (Å²) in [4.78, 5) is 31.6. The molecule has 8 nitrogen and oxygen atoms in total. The van der Waals surface area contributed by atoms with Crippen LogP contribution < -0.4 is 4.90 Å². The average Bonchev–Trinajstić information content (AvgIpc) is 3.11. The minimum Gasteiger partial charge on any atom is -0.372 e. The Morgan fingerprint density at radius 2 is 2.04 bits per heavy atom. The Hall–Kier alpha value is -2.52. The number of benzene rings is 1. The van der Waals surface area contributed by atoms with Gasteiger partial charge in [-0.25, -0.2) is 9.45 Å². The van der Waals surface area contributed by atoms with Crippen LogP contribution in [0.25, 0.3) is 11.0 Å². The van der Waals surface area contributed by atoms with Crippen molar-refractivity contribution in [1.82, 2.24) is 10.2 Å². The third kappa shape index (κ3) is 3.24. The van der Waals surface area contributed by atoms with Crippen molar-refractivity contribution in [2.24, 2.45) is 0 Å². The molecule has 9 heteroatoms. The van der Waals surface area contributed by atoms with Gasteiger partial charge >= 0.3 is 0 Å². The van der Waals surface area contributed by atoms with E-state index in [9.17, 15) is 9.59 Å². The van der Waals surface area contributed by atoms with Crippen molar-refractivity contribution in [3.63, 3.8) is 0 Å². The van der Waals surface area contributed by atoms with Gasteiger partial charge in [-0.1, -0.05) is 5.16 Å². The lowest BCUT2D eigenvalue weighted by Gasteiger charge is -2.37. The van der Waals surface area contributed by atoms with Crippen LogP contribution in [0.1, 0.15) is 47.5 Å². The number of fused-ring (bicyclic) bond motifs is 1. The second-order valence-electron chi connectivity index (χ2n) is 7.26. The van der Waals surface area contributed by atoms with E-state index in [4.69, 9.17) is 14.1 Å². The fourth-order valence-electron chi connectivity index (χ4n) is 3.85. The molecule has 2 aromatic rings. The Bertz CT molecular complexity index is 899. The van der Waals surface area contributed by atoms with Crippen LogP contribution in [-0.4, -0.2) is 60.9 Å². The zero-order valence-corrected chi connectivity index (χ0v) is 15.8. The van der Waals surface area contributed by atoms with Crippen LogP contribution in [-0.2, 0) is 9.57 Å². The van der Waals surface area contributed by atoms with Gasteiger partial charge in [-0.15, -0.1) is 0 Å². The number of amides is 1. The smallest absolute Gasteiger partial charge is 0.300 e. The lowest BCUT2D eigenvalue weighted by atomic mass is 10.1. The minimum atomic E-state index is -0.702. The number of carbonyl (C=O) groups excluding carboxylic acids is 2. The van der Waals surface area contributed by atoms with Crippen LogP contribution in [0, 0.1) is 5.82 Å². The van der Waals surface area contributed by atoms with Crippen LogP contribution in [0.2, 0.25) is 0 Å². The molecule has 28 heavy (non-hydrogen) atoms. The monoisotopic (exact) mass is 391 g/mol. The van der Waals surface area contributed by atoms with Gasteiger partial charge in [-0.2, -0.15) is 0 Å². The molecule has 4 rings (SSSR count). The highest BCUT2D eigenvalue weighted by Gasteiger charge is 2.31. The van der Waals surface area contributed by atoms with Crippen molar-refractivity contribution in [2.45, 2.75) is 38.9 Å². The van der Waals surface area contributed by atoms with Crippen molar-refractivity contribution in [3.8, 4) is 0 Å². The summed E-state index contributed by atoms with van der Waals surface area (Å²) < 4.78 is 26.2. The summed E-state index contributed by atoms with van der Waals surface area (Å²) in [5.41, 5.74) is 0.0823. The van der Waals surface area contributed by atoms with Gasteiger partial charge in [0.25, 0.3) is 5.91 Å². The van der Waals surface area contributed by atoms with Gasteiger partial charge in [0.2, 0.25) is 5.58 Å². The standard InChI is InChI=1S/C19H22FN3O5/c1-11-8-22(9-12(2)27-11)17-13(10-24)7-14-16(21-28-18(14)15(17)20)19(25)23-5-3-4-6-26-23/h7,10-12H,3-6,8-9H2,1-2H3/t11-,12+. The summed E-state index contributed by atoms with van der Waals surface area (Å²) in [7, 11) is 0. The first-order valence-electron chi connectivity index (χ1n) is 9.41. The van der Waals surface area contributed by atoms with Gasteiger partial charge < -0.3 is 14.2 Å². The Balaban J connectivity index is 1.76. The number of hydroxylamine groups is 2. The molecule has 0 N–H and O–H groups in total. The summed E-state index contributed by atoms with van der Waals surface area (Å²) in [6.07, 6.45) is 2.05. The topological polar surface area (TPSA) is 85.1 Å². The number of anilines is 1. The van der Waals surface area contributed by atoms with Gasteiger partial charge in [-0.3, -0.25) is 14.4 Å². The molecule has 0 unspecified atom stereocenters. The number of hydrogen-bond donors (Lipinski definition) is 0. The highest BCUT2D eigenvalue weighted by molar-refractivity contribution is 6.06. The molecule has 2 aliphatic heterocycles. The lowest BCUT2D eigenvalue weighted by molar-refractivity contribution is -0.144. The Morgan fingerprint density at radius 1 is 1.29 bits per heavy atom. The molecular formula is C19H22FN3O5. The molecule has 0 radical (unpaired) electrons. The molecule has 3 heterocycles. The fourth-order valence-corrected chi connectivity index (χ4v) is 3.85. The number of ether oxygens (including phenoxy) is 1. The number of nitrogens with zero attached hydrogens (tertiary/aromatic N) is 3. The molecule has 150 valence electrons. The highest BCUT2D eigenvalue weighted by atomic mass is 19.1. The quantitative estimate of drug-likeness (QED) is 0.744. The van der Waals surface area contributed by atoms with Gasteiger partial charge in [-0.05, 0) is 32.8 Å². The molecule has 2 atom stereocenters. The van der Waals surface area contributed by atoms with Crippen LogP contribution in [0.4, 0.5) is 10.1 Å². The zero-order valence-electron chi connectivity index (χ0n) is 15.8. The van der Waals surface area contributed by atoms with Crippen molar-refractivity contribution in [1.29, 1.82) is 0 Å². The first-order valence-corrected chi connectivity index (χ1v) is 9.41. The maximum absolute atomic E-state index is 15.3. The van der Waals surface area contributed by atoms with Gasteiger partial charge in [0.15, 0.2) is 17.8 Å². The Labute approximate surface area is 161 Å².